The van der Waals surface area contributed by atoms with E-state index in [-0.39, 0.29) is 17.6 Å². The lowest BCUT2D eigenvalue weighted by Gasteiger charge is -2.38. The highest BCUT2D eigenvalue weighted by Gasteiger charge is 2.43. The van der Waals surface area contributed by atoms with Crippen molar-refractivity contribution in [2.24, 2.45) is 22.1 Å². The van der Waals surface area contributed by atoms with Crippen LogP contribution in [0.15, 0.2) is 29.3 Å². The fraction of sp³-hybridized carbons (Fsp3) is 0.579. The Morgan fingerprint density at radius 1 is 1.36 bits per heavy atom. The highest BCUT2D eigenvalue weighted by molar-refractivity contribution is 5.82. The Balaban J connectivity index is 1.56. The smallest absolute Gasteiger partial charge is 0.222 e. The third kappa shape index (κ3) is 4.11. The van der Waals surface area contributed by atoms with Gasteiger partial charge in [-0.25, -0.2) is 4.39 Å². The zero-order chi connectivity index (χ0) is 17.9. The summed E-state index contributed by atoms with van der Waals surface area (Å²) in [5, 5.41) is 3.31. The molecule has 1 spiro atoms. The summed E-state index contributed by atoms with van der Waals surface area (Å²) in [6, 6.07) is 6.20. The van der Waals surface area contributed by atoms with Crippen molar-refractivity contribution in [2.45, 2.75) is 32.1 Å². The number of guanidine groups is 1. The van der Waals surface area contributed by atoms with E-state index in [2.05, 4.69) is 15.2 Å². The van der Waals surface area contributed by atoms with Gasteiger partial charge in [0.1, 0.15) is 5.82 Å². The summed E-state index contributed by atoms with van der Waals surface area (Å²) >= 11 is 0. The normalized spacial score (nSPS) is 20.4. The Morgan fingerprint density at radius 3 is 2.60 bits per heavy atom. The van der Waals surface area contributed by atoms with Crippen molar-refractivity contribution in [3.05, 3.63) is 35.6 Å². The van der Waals surface area contributed by atoms with Crippen LogP contribution in [0.3, 0.4) is 0 Å². The van der Waals surface area contributed by atoms with Crippen molar-refractivity contribution >= 4 is 11.9 Å². The minimum atomic E-state index is -0.359. The molecule has 1 saturated heterocycles. The highest BCUT2D eigenvalue weighted by atomic mass is 19.1. The molecule has 1 amide bonds. The number of rotatable bonds is 5. The number of hydrogen-bond donors (Lipinski definition) is 2. The first-order valence-corrected chi connectivity index (χ1v) is 9.01. The van der Waals surface area contributed by atoms with Crippen LogP contribution >= 0.6 is 0 Å². The predicted molar refractivity (Wildman–Crippen MR) is 96.6 cm³/mol. The molecule has 1 atom stereocenters. The molecular formula is C19H27FN4O. The molecule has 1 aromatic rings. The van der Waals surface area contributed by atoms with Gasteiger partial charge in [-0.2, -0.15) is 0 Å². The summed E-state index contributed by atoms with van der Waals surface area (Å²) in [5.41, 5.74) is 6.96. The first kappa shape index (κ1) is 17.7. The van der Waals surface area contributed by atoms with Crippen LogP contribution in [0.2, 0.25) is 0 Å². The first-order valence-electron chi connectivity index (χ1n) is 9.01. The van der Waals surface area contributed by atoms with Crippen LogP contribution in [-0.2, 0) is 11.2 Å². The van der Waals surface area contributed by atoms with Gasteiger partial charge in [0.25, 0.3) is 0 Å². The molecule has 25 heavy (non-hydrogen) atoms. The Bertz CT molecular complexity index is 639. The van der Waals surface area contributed by atoms with E-state index in [1.54, 1.807) is 19.2 Å². The molecule has 3 N–H and O–H groups in total. The summed E-state index contributed by atoms with van der Waals surface area (Å²) in [7, 11) is 1.77. The van der Waals surface area contributed by atoms with E-state index in [9.17, 15) is 9.18 Å². The van der Waals surface area contributed by atoms with Gasteiger partial charge in [-0.1, -0.05) is 18.6 Å². The summed E-state index contributed by atoms with van der Waals surface area (Å²) < 4.78 is 13.0. The molecule has 6 heteroatoms. The molecular weight excluding hydrogens is 319 g/mol. The molecule has 1 aliphatic heterocycles. The Kier molecular flexibility index (Phi) is 5.25. The fourth-order valence-corrected chi connectivity index (χ4v) is 3.93. The number of nitrogens with zero attached hydrogens (tertiary/aromatic N) is 2. The van der Waals surface area contributed by atoms with Crippen LogP contribution in [0.5, 0.6) is 0 Å². The number of likely N-dealkylation sites (tertiary alicyclic amines) is 1. The zero-order valence-corrected chi connectivity index (χ0v) is 14.8. The number of primary amides is 1. The molecule has 1 saturated carbocycles. The Labute approximate surface area is 148 Å². The Morgan fingerprint density at radius 2 is 2.08 bits per heavy atom. The topological polar surface area (TPSA) is 70.7 Å². The number of amides is 1. The molecule has 3 rings (SSSR count). The van der Waals surface area contributed by atoms with Crippen molar-refractivity contribution in [2.75, 3.05) is 26.7 Å². The lowest BCUT2D eigenvalue weighted by atomic mass is 9.68. The van der Waals surface area contributed by atoms with Gasteiger partial charge < -0.3 is 16.0 Å². The number of nitrogens with two attached hydrogens (primary N) is 1. The number of benzene rings is 1. The van der Waals surface area contributed by atoms with E-state index in [0.717, 1.165) is 24.6 Å². The molecule has 136 valence electrons. The Hall–Kier alpha value is -2.11. The molecule has 0 aromatic heterocycles. The van der Waals surface area contributed by atoms with Crippen molar-refractivity contribution in [1.29, 1.82) is 0 Å². The van der Waals surface area contributed by atoms with Crippen molar-refractivity contribution in [3.63, 3.8) is 0 Å². The second kappa shape index (κ2) is 7.42. The lowest BCUT2D eigenvalue weighted by molar-refractivity contribution is -0.121. The van der Waals surface area contributed by atoms with Gasteiger partial charge in [-0.3, -0.25) is 9.79 Å². The number of carbonyl (C=O) groups is 1. The highest BCUT2D eigenvalue weighted by Crippen LogP contribution is 2.47. The van der Waals surface area contributed by atoms with Crippen LogP contribution in [0, 0.1) is 17.2 Å². The summed E-state index contributed by atoms with van der Waals surface area (Å²) in [6.07, 6.45) is 5.68. The van der Waals surface area contributed by atoms with Crippen LogP contribution in [0.4, 0.5) is 4.39 Å². The van der Waals surface area contributed by atoms with Crippen LogP contribution in [0.25, 0.3) is 0 Å². The van der Waals surface area contributed by atoms with Crippen molar-refractivity contribution in [1.82, 2.24) is 10.2 Å². The van der Waals surface area contributed by atoms with E-state index in [4.69, 9.17) is 5.73 Å². The third-order valence-electron chi connectivity index (χ3n) is 5.67. The molecule has 1 aromatic carbocycles. The maximum Gasteiger partial charge on any atom is 0.222 e. The van der Waals surface area contributed by atoms with Crippen LogP contribution in [0.1, 0.15) is 31.2 Å². The van der Waals surface area contributed by atoms with Crippen LogP contribution in [-0.4, -0.2) is 43.4 Å². The minimum Gasteiger partial charge on any atom is -0.369 e. The number of hydrogen-bond acceptors (Lipinski definition) is 2. The van der Waals surface area contributed by atoms with E-state index in [1.165, 1.54) is 37.8 Å². The van der Waals surface area contributed by atoms with Gasteiger partial charge in [-0.15, -0.1) is 0 Å². The van der Waals surface area contributed by atoms with Gasteiger partial charge in [0.2, 0.25) is 5.91 Å². The second-order valence-electron chi connectivity index (χ2n) is 7.38. The van der Waals surface area contributed by atoms with Gasteiger partial charge in [0, 0.05) is 26.7 Å². The maximum absolute atomic E-state index is 13.0. The van der Waals surface area contributed by atoms with Crippen molar-refractivity contribution in [3.8, 4) is 0 Å². The number of carbonyl (C=O) groups excluding carboxylic acids is 1. The number of aliphatic imine (C=N–C) groups is 1. The molecule has 2 fully saturated rings. The van der Waals surface area contributed by atoms with Gasteiger partial charge in [0.15, 0.2) is 5.96 Å². The van der Waals surface area contributed by atoms with Gasteiger partial charge in [-0.05, 0) is 48.8 Å². The van der Waals surface area contributed by atoms with E-state index in [1.807, 2.05) is 0 Å². The average molecular weight is 346 g/mol. The molecule has 1 heterocycles. The predicted octanol–water partition coefficient (Wildman–Crippen LogP) is 1.92. The maximum atomic E-state index is 13.0. The van der Waals surface area contributed by atoms with Gasteiger partial charge >= 0.3 is 0 Å². The first-order chi connectivity index (χ1) is 12.0. The molecule has 1 unspecified atom stereocenters. The third-order valence-corrected chi connectivity index (χ3v) is 5.67. The number of halogens is 1. The molecule has 2 aliphatic rings. The SMILES string of the molecule is CN=C(NCC(Cc1ccc(F)cc1)C(N)=O)N1CCC2(CCC2)C1. The minimum absolute atomic E-state index is 0.281. The molecule has 0 radical (unpaired) electrons. The summed E-state index contributed by atoms with van der Waals surface area (Å²) in [4.78, 5) is 18.5. The molecule has 1 aliphatic carbocycles. The average Bonchev–Trinajstić information content (AvgIpc) is 3.02. The lowest BCUT2D eigenvalue weighted by Crippen LogP contribution is -2.45. The second-order valence-corrected chi connectivity index (χ2v) is 7.38. The largest absolute Gasteiger partial charge is 0.369 e. The molecule has 5 nitrogen and oxygen atoms in total. The number of nitrogens with one attached hydrogen (secondary N) is 1. The summed E-state index contributed by atoms with van der Waals surface area (Å²) in [6.45, 7) is 2.49. The van der Waals surface area contributed by atoms with Crippen LogP contribution < -0.4 is 11.1 Å². The van der Waals surface area contributed by atoms with E-state index >= 15 is 0 Å². The summed E-state index contributed by atoms with van der Waals surface area (Å²) in [5.74, 6) is -0.155. The van der Waals surface area contributed by atoms with E-state index in [0.29, 0.717) is 18.4 Å². The monoisotopic (exact) mass is 346 g/mol. The van der Waals surface area contributed by atoms with Gasteiger partial charge in [0.05, 0.1) is 5.92 Å². The van der Waals surface area contributed by atoms with E-state index < -0.39 is 0 Å². The fourth-order valence-electron chi connectivity index (χ4n) is 3.93. The molecule has 0 bridgehead atoms. The quantitative estimate of drug-likeness (QED) is 0.632. The van der Waals surface area contributed by atoms with Crippen molar-refractivity contribution < 1.29 is 9.18 Å². The standard InChI is InChI=1S/C19H27FN4O/c1-22-18(24-10-9-19(13-24)7-2-8-19)23-12-15(17(21)25)11-14-3-5-16(20)6-4-14/h3-6,15H,2,7-13H2,1H3,(H2,21,25)(H,22,23). The zero-order valence-electron chi connectivity index (χ0n) is 14.8.